The number of hydrogen-bond acceptors (Lipinski definition) is 8. The zero-order valence-electron chi connectivity index (χ0n) is 29.2. The Balaban J connectivity index is 1.23. The van der Waals surface area contributed by atoms with Crippen LogP contribution < -0.4 is 5.32 Å². The molecule has 14 unspecified atom stereocenters. The van der Waals surface area contributed by atoms with E-state index in [4.69, 9.17) is 9.47 Å². The Hall–Kier alpha value is -2.05. The lowest BCUT2D eigenvalue weighted by Crippen LogP contribution is -2.67. The van der Waals surface area contributed by atoms with E-state index in [1.807, 2.05) is 0 Å². The number of ether oxygens (including phenoxy) is 2. The highest BCUT2D eigenvalue weighted by molar-refractivity contribution is 5.82. The van der Waals surface area contributed by atoms with E-state index in [1.165, 1.54) is 5.57 Å². The second-order valence-corrected chi connectivity index (χ2v) is 18.4. The first-order chi connectivity index (χ1) is 22.3. The molecule has 0 spiro atoms. The number of amides is 1. The molecule has 48 heavy (non-hydrogen) atoms. The summed E-state index contributed by atoms with van der Waals surface area (Å²) in [7, 11) is 0. The molecule has 14 atom stereocenters. The van der Waals surface area contributed by atoms with Gasteiger partial charge in [0.05, 0.1) is 11.5 Å². The molecule has 2 saturated heterocycles. The zero-order valence-corrected chi connectivity index (χ0v) is 29.2. The largest absolute Gasteiger partial charge is 0.481 e. The van der Waals surface area contributed by atoms with E-state index in [9.17, 15) is 39.9 Å². The van der Waals surface area contributed by atoms with Gasteiger partial charge in [-0.2, -0.15) is 0 Å². The van der Waals surface area contributed by atoms with Crippen LogP contribution in [0.2, 0.25) is 0 Å². The first kappa shape index (κ1) is 34.4. The van der Waals surface area contributed by atoms with Gasteiger partial charge in [0.2, 0.25) is 5.91 Å². The lowest BCUT2D eigenvalue weighted by atomic mass is 9.32. The maximum absolute atomic E-state index is 14.0. The molecule has 0 aromatic rings. The fraction of sp³-hybridized carbons (Fsp3) is 0.865. The standard InChI is InChI=1S/C37H55NO10/c1-32(2)13-14-36(31(45)46)15-16-37-17-22(39)38-28(32)23(36)18(37)7-8-20-34(5)11-10-21(33(3,4)19(34)9-12-35(20,37)6)47-30-26(42)24(40)25(41)27(48-30)29(43)44/h7,19-21,23-28,30,40-42H,8-17H2,1-6H3,(H,38,39)(H,43,44)(H,45,46). The van der Waals surface area contributed by atoms with E-state index in [2.05, 4.69) is 52.9 Å². The first-order valence-electron chi connectivity index (χ1n) is 18.1. The van der Waals surface area contributed by atoms with Crippen LogP contribution in [0.15, 0.2) is 11.6 Å². The highest BCUT2D eigenvalue weighted by Crippen LogP contribution is 2.77. The third-order valence-electron chi connectivity index (χ3n) is 15.8. The summed E-state index contributed by atoms with van der Waals surface area (Å²) in [6.07, 6.45) is 0.821. The van der Waals surface area contributed by atoms with Crippen LogP contribution in [0.1, 0.15) is 106 Å². The molecular formula is C37H55NO10. The minimum atomic E-state index is -1.78. The molecule has 11 heteroatoms. The molecule has 2 aliphatic heterocycles. The van der Waals surface area contributed by atoms with E-state index in [0.717, 1.165) is 32.1 Å². The predicted molar refractivity (Wildman–Crippen MR) is 172 cm³/mol. The van der Waals surface area contributed by atoms with Gasteiger partial charge in [0.15, 0.2) is 12.4 Å². The van der Waals surface area contributed by atoms with Gasteiger partial charge in [0.25, 0.3) is 0 Å². The van der Waals surface area contributed by atoms with Crippen LogP contribution in [-0.4, -0.2) is 86.2 Å². The SMILES string of the molecule is CC1(C)CCC2(C(=O)O)CCC34CC(=O)NC1C2C3=CCC1C2(C)CCC(OC3OC(C(=O)O)C(O)C(O)C3O)C(C)(C)C2CCC14C. The Morgan fingerprint density at radius 2 is 1.56 bits per heavy atom. The van der Waals surface area contributed by atoms with Crippen molar-refractivity contribution < 1.29 is 49.4 Å². The second-order valence-electron chi connectivity index (χ2n) is 18.4. The monoisotopic (exact) mass is 673 g/mol. The summed E-state index contributed by atoms with van der Waals surface area (Å²) in [5, 5.41) is 55.1. The summed E-state index contributed by atoms with van der Waals surface area (Å²) in [6.45, 7) is 13.5. The molecule has 7 aliphatic rings. The van der Waals surface area contributed by atoms with Crippen molar-refractivity contribution in [3.05, 3.63) is 11.6 Å². The molecule has 1 amide bonds. The molecule has 6 N–H and O–H groups in total. The summed E-state index contributed by atoms with van der Waals surface area (Å²) < 4.78 is 11.9. The third-order valence-corrected chi connectivity index (χ3v) is 15.8. The number of aliphatic carboxylic acids is 2. The van der Waals surface area contributed by atoms with Crippen molar-refractivity contribution in [1.82, 2.24) is 5.32 Å². The fourth-order valence-electron chi connectivity index (χ4n) is 13.2. The Kier molecular flexibility index (Phi) is 7.69. The number of fused-ring (bicyclic) bond motifs is 3. The molecule has 4 saturated carbocycles. The van der Waals surface area contributed by atoms with Gasteiger partial charge in [0, 0.05) is 23.8 Å². The number of carbonyl (C=O) groups excluding carboxylic acids is 1. The summed E-state index contributed by atoms with van der Waals surface area (Å²) in [5.74, 6) is -1.92. The van der Waals surface area contributed by atoms with E-state index in [-0.39, 0.29) is 45.9 Å². The van der Waals surface area contributed by atoms with Gasteiger partial charge in [0.1, 0.15) is 18.3 Å². The van der Waals surface area contributed by atoms with Gasteiger partial charge >= 0.3 is 11.9 Å². The summed E-state index contributed by atoms with van der Waals surface area (Å²) in [4.78, 5) is 38.9. The van der Waals surface area contributed by atoms with Gasteiger partial charge in [-0.05, 0) is 91.3 Å². The van der Waals surface area contributed by atoms with Crippen LogP contribution in [0.25, 0.3) is 0 Å². The molecule has 5 aliphatic carbocycles. The molecule has 7 rings (SSSR count). The van der Waals surface area contributed by atoms with Crippen molar-refractivity contribution in [2.75, 3.05) is 0 Å². The maximum atomic E-state index is 14.0. The van der Waals surface area contributed by atoms with Crippen molar-refractivity contribution in [1.29, 1.82) is 0 Å². The quantitative estimate of drug-likeness (QED) is 0.190. The van der Waals surface area contributed by atoms with E-state index in [1.54, 1.807) is 0 Å². The highest BCUT2D eigenvalue weighted by Gasteiger charge is 2.73. The predicted octanol–water partition coefficient (Wildman–Crippen LogP) is 3.63. The van der Waals surface area contributed by atoms with Crippen LogP contribution in [0.5, 0.6) is 0 Å². The number of carboxylic acid groups (broad SMARTS) is 2. The smallest absolute Gasteiger partial charge is 0.335 e. The van der Waals surface area contributed by atoms with Crippen LogP contribution in [0.4, 0.5) is 0 Å². The van der Waals surface area contributed by atoms with E-state index < -0.39 is 65.0 Å². The van der Waals surface area contributed by atoms with Gasteiger partial charge in [-0.15, -0.1) is 0 Å². The van der Waals surface area contributed by atoms with Gasteiger partial charge in [-0.25, -0.2) is 4.79 Å². The third kappa shape index (κ3) is 4.32. The lowest BCUT2D eigenvalue weighted by molar-refractivity contribution is -0.324. The highest BCUT2D eigenvalue weighted by atomic mass is 16.7. The van der Waals surface area contributed by atoms with E-state index >= 15 is 0 Å². The Labute approximate surface area is 282 Å². The maximum Gasteiger partial charge on any atom is 0.335 e. The summed E-state index contributed by atoms with van der Waals surface area (Å²) in [5.41, 5.74) is -1.05. The summed E-state index contributed by atoms with van der Waals surface area (Å²) in [6, 6.07) is -0.223. The van der Waals surface area contributed by atoms with Crippen LogP contribution >= 0.6 is 0 Å². The number of aliphatic hydroxyl groups is 3. The Morgan fingerprint density at radius 1 is 0.875 bits per heavy atom. The normalized spacial score (nSPS) is 51.9. The minimum Gasteiger partial charge on any atom is -0.481 e. The van der Waals surface area contributed by atoms with Crippen molar-refractivity contribution in [2.24, 2.45) is 50.2 Å². The fourth-order valence-corrected chi connectivity index (χ4v) is 13.2. The molecule has 11 nitrogen and oxygen atoms in total. The van der Waals surface area contributed by atoms with Crippen LogP contribution in [0, 0.1) is 50.2 Å². The number of carboxylic acids is 2. The minimum absolute atomic E-state index is 0.0363. The number of allylic oxidation sites excluding steroid dienone is 1. The first-order valence-corrected chi connectivity index (χ1v) is 18.1. The average molecular weight is 674 g/mol. The molecule has 0 radical (unpaired) electrons. The number of aliphatic hydroxyl groups excluding tert-OH is 3. The van der Waals surface area contributed by atoms with Crippen molar-refractivity contribution in [3.8, 4) is 0 Å². The van der Waals surface area contributed by atoms with Crippen LogP contribution in [0.3, 0.4) is 0 Å². The molecule has 6 fully saturated rings. The Morgan fingerprint density at radius 3 is 2.23 bits per heavy atom. The van der Waals surface area contributed by atoms with Gasteiger partial charge in [-0.3, -0.25) is 9.59 Å². The van der Waals surface area contributed by atoms with Gasteiger partial charge < -0.3 is 40.3 Å². The average Bonchev–Trinajstić information content (AvgIpc) is 3.10. The number of hydrogen-bond donors (Lipinski definition) is 6. The van der Waals surface area contributed by atoms with Crippen LogP contribution in [-0.2, 0) is 23.9 Å². The molecular weight excluding hydrogens is 618 g/mol. The number of carbonyl (C=O) groups is 3. The molecule has 2 bridgehead atoms. The zero-order chi connectivity index (χ0) is 35.0. The second kappa shape index (κ2) is 10.7. The molecule has 0 aromatic heterocycles. The van der Waals surface area contributed by atoms with E-state index in [0.29, 0.717) is 32.1 Å². The topological polar surface area (TPSA) is 183 Å². The summed E-state index contributed by atoms with van der Waals surface area (Å²) >= 11 is 0. The van der Waals surface area contributed by atoms with Crippen molar-refractivity contribution in [3.63, 3.8) is 0 Å². The van der Waals surface area contributed by atoms with Crippen molar-refractivity contribution >= 4 is 17.8 Å². The molecule has 268 valence electrons. The molecule has 2 heterocycles. The van der Waals surface area contributed by atoms with Crippen molar-refractivity contribution in [2.45, 2.75) is 149 Å². The number of rotatable bonds is 4. The Bertz CT molecular complexity index is 1430. The van der Waals surface area contributed by atoms with Gasteiger partial charge in [-0.1, -0.05) is 53.2 Å². The molecule has 0 aromatic carbocycles. The number of nitrogens with one attached hydrogen (secondary N) is 1. The lowest BCUT2D eigenvalue weighted by Gasteiger charge is -2.71.